The second kappa shape index (κ2) is 11.2. The van der Waals surface area contributed by atoms with Crippen molar-refractivity contribution in [2.24, 2.45) is 10.9 Å². The highest BCUT2D eigenvalue weighted by Crippen LogP contribution is 2.26. The van der Waals surface area contributed by atoms with Gasteiger partial charge in [0.1, 0.15) is 0 Å². The molecule has 0 saturated heterocycles. The van der Waals surface area contributed by atoms with Gasteiger partial charge in [-0.05, 0) is 41.7 Å². The first-order valence-corrected chi connectivity index (χ1v) is 9.39. The van der Waals surface area contributed by atoms with Crippen LogP contribution in [-0.4, -0.2) is 28.6 Å². The molecule has 0 atom stereocenters. The molecule has 0 fully saturated rings. The zero-order valence-electron chi connectivity index (χ0n) is 16.6. The van der Waals surface area contributed by atoms with Crippen LogP contribution in [0.3, 0.4) is 0 Å². The Morgan fingerprint density at radius 3 is 2.76 bits per heavy atom. The Balaban J connectivity index is 2.32. The van der Waals surface area contributed by atoms with Crippen molar-refractivity contribution in [3.8, 4) is 6.19 Å². The molecule has 29 heavy (non-hydrogen) atoms. The van der Waals surface area contributed by atoms with E-state index in [9.17, 15) is 4.79 Å². The fourth-order valence-electron chi connectivity index (χ4n) is 2.60. The summed E-state index contributed by atoms with van der Waals surface area (Å²) in [6.07, 6.45) is 7.71. The maximum absolute atomic E-state index is 10.9. The van der Waals surface area contributed by atoms with Crippen molar-refractivity contribution < 1.29 is 9.90 Å². The van der Waals surface area contributed by atoms with Gasteiger partial charge in [-0.3, -0.25) is 20.1 Å². The summed E-state index contributed by atoms with van der Waals surface area (Å²) in [6, 6.07) is 11.4. The number of hydrogen-bond donors (Lipinski definition) is 3. The summed E-state index contributed by atoms with van der Waals surface area (Å²) in [6.45, 7) is 4.69. The SMILES string of the molecule is CC(C)CN=C(NC#N)Nc1cccc(C(=CCCC(=O)O)c2cccnc2)c1. The number of benzene rings is 1. The van der Waals surface area contributed by atoms with Crippen LogP contribution in [0.25, 0.3) is 5.57 Å². The lowest BCUT2D eigenvalue weighted by Crippen LogP contribution is -2.27. The third-order valence-corrected chi connectivity index (χ3v) is 3.90. The number of aliphatic carboxylic acids is 1. The number of hydrogen-bond acceptors (Lipinski definition) is 4. The van der Waals surface area contributed by atoms with Crippen molar-refractivity contribution >= 4 is 23.2 Å². The maximum Gasteiger partial charge on any atom is 0.303 e. The van der Waals surface area contributed by atoms with Gasteiger partial charge in [0.15, 0.2) is 6.19 Å². The highest BCUT2D eigenvalue weighted by molar-refractivity contribution is 5.95. The fraction of sp³-hybridized carbons (Fsp3) is 0.273. The van der Waals surface area contributed by atoms with E-state index in [1.165, 1.54) is 0 Å². The largest absolute Gasteiger partial charge is 0.481 e. The summed E-state index contributed by atoms with van der Waals surface area (Å²) < 4.78 is 0. The molecule has 0 bridgehead atoms. The van der Waals surface area contributed by atoms with E-state index in [-0.39, 0.29) is 6.42 Å². The van der Waals surface area contributed by atoms with Gasteiger partial charge in [0.2, 0.25) is 5.96 Å². The van der Waals surface area contributed by atoms with Crippen LogP contribution in [0.1, 0.15) is 37.8 Å². The van der Waals surface area contributed by atoms with Crippen molar-refractivity contribution in [1.29, 1.82) is 5.26 Å². The Morgan fingerprint density at radius 1 is 1.31 bits per heavy atom. The summed E-state index contributed by atoms with van der Waals surface area (Å²) in [5.41, 5.74) is 3.48. The number of guanidine groups is 1. The summed E-state index contributed by atoms with van der Waals surface area (Å²) in [5, 5.41) is 23.6. The van der Waals surface area contributed by atoms with Crippen molar-refractivity contribution in [1.82, 2.24) is 10.3 Å². The number of aromatic nitrogens is 1. The van der Waals surface area contributed by atoms with Crippen LogP contribution in [0, 0.1) is 17.4 Å². The predicted molar refractivity (Wildman–Crippen MR) is 114 cm³/mol. The van der Waals surface area contributed by atoms with Crippen LogP contribution in [0.2, 0.25) is 0 Å². The van der Waals surface area contributed by atoms with Gasteiger partial charge in [-0.15, -0.1) is 0 Å². The number of pyridine rings is 1. The summed E-state index contributed by atoms with van der Waals surface area (Å²) in [4.78, 5) is 19.5. The Morgan fingerprint density at radius 2 is 2.10 bits per heavy atom. The van der Waals surface area contributed by atoms with Gasteiger partial charge in [-0.2, -0.15) is 5.26 Å². The third-order valence-electron chi connectivity index (χ3n) is 3.90. The number of anilines is 1. The number of carboxylic acid groups (broad SMARTS) is 1. The average molecular weight is 391 g/mol. The summed E-state index contributed by atoms with van der Waals surface area (Å²) >= 11 is 0. The number of allylic oxidation sites excluding steroid dienone is 1. The number of nitrogens with one attached hydrogen (secondary N) is 2. The molecule has 0 aliphatic rings. The van der Waals surface area contributed by atoms with E-state index in [1.807, 2.05) is 48.7 Å². The molecule has 0 radical (unpaired) electrons. The number of nitriles is 1. The molecule has 2 rings (SSSR count). The van der Waals surface area contributed by atoms with Crippen molar-refractivity contribution in [3.05, 3.63) is 66.0 Å². The first-order valence-electron chi connectivity index (χ1n) is 9.39. The van der Waals surface area contributed by atoms with Crippen LogP contribution in [0.5, 0.6) is 0 Å². The normalized spacial score (nSPS) is 11.8. The lowest BCUT2D eigenvalue weighted by atomic mass is 9.97. The zero-order valence-corrected chi connectivity index (χ0v) is 16.6. The Kier molecular flexibility index (Phi) is 8.39. The average Bonchev–Trinajstić information content (AvgIpc) is 2.70. The Labute approximate surface area is 170 Å². The molecule has 150 valence electrons. The molecule has 2 aromatic rings. The lowest BCUT2D eigenvalue weighted by molar-refractivity contribution is -0.136. The second-order valence-corrected chi connectivity index (χ2v) is 6.82. The molecule has 0 aliphatic carbocycles. The van der Waals surface area contributed by atoms with Gasteiger partial charge in [-0.25, -0.2) is 0 Å². The second-order valence-electron chi connectivity index (χ2n) is 6.82. The van der Waals surface area contributed by atoms with Crippen molar-refractivity contribution in [2.45, 2.75) is 26.7 Å². The monoisotopic (exact) mass is 391 g/mol. The number of carbonyl (C=O) groups is 1. The fourth-order valence-corrected chi connectivity index (χ4v) is 2.60. The zero-order chi connectivity index (χ0) is 21.1. The molecule has 1 heterocycles. The van der Waals surface area contributed by atoms with E-state index < -0.39 is 5.97 Å². The van der Waals surface area contributed by atoms with Gasteiger partial charge >= 0.3 is 5.97 Å². The van der Waals surface area contributed by atoms with Gasteiger partial charge < -0.3 is 10.4 Å². The van der Waals surface area contributed by atoms with Crippen LogP contribution in [-0.2, 0) is 4.79 Å². The molecule has 0 aliphatic heterocycles. The highest BCUT2D eigenvalue weighted by Gasteiger charge is 2.08. The van der Waals surface area contributed by atoms with E-state index in [2.05, 4.69) is 34.5 Å². The molecule has 0 spiro atoms. The predicted octanol–water partition coefficient (Wildman–Crippen LogP) is 3.87. The molecule has 3 N–H and O–H groups in total. The first kappa shape index (κ1) is 21.6. The van der Waals surface area contributed by atoms with E-state index in [0.717, 1.165) is 22.4 Å². The van der Waals surface area contributed by atoms with Crippen LogP contribution in [0.4, 0.5) is 5.69 Å². The van der Waals surface area contributed by atoms with Gasteiger partial charge in [0, 0.05) is 36.6 Å². The standard InChI is InChI=1S/C22H25N5O2/c1-16(2)13-25-22(26-15-23)27-19-8-3-6-17(12-19)20(9-4-10-21(28)29)18-7-5-11-24-14-18/h3,5-9,11-12,14,16H,4,10,13H2,1-2H3,(H,28,29)(H2,25,26,27). The first-order chi connectivity index (χ1) is 14.0. The van der Waals surface area contributed by atoms with E-state index in [4.69, 9.17) is 10.4 Å². The van der Waals surface area contributed by atoms with E-state index in [1.54, 1.807) is 12.4 Å². The summed E-state index contributed by atoms with van der Waals surface area (Å²) in [5.74, 6) is -0.0834. The topological polar surface area (TPSA) is 110 Å². The molecule has 7 heteroatoms. The molecule has 7 nitrogen and oxygen atoms in total. The minimum Gasteiger partial charge on any atom is -0.481 e. The van der Waals surface area contributed by atoms with E-state index >= 15 is 0 Å². The van der Waals surface area contributed by atoms with Gasteiger partial charge in [0.25, 0.3) is 0 Å². The number of carboxylic acids is 1. The maximum atomic E-state index is 10.9. The molecule has 0 unspecified atom stereocenters. The van der Waals surface area contributed by atoms with Gasteiger partial charge in [-0.1, -0.05) is 38.1 Å². The van der Waals surface area contributed by atoms with Crippen LogP contribution < -0.4 is 10.6 Å². The lowest BCUT2D eigenvalue weighted by Gasteiger charge is -2.13. The van der Waals surface area contributed by atoms with Crippen LogP contribution >= 0.6 is 0 Å². The minimum atomic E-state index is -0.837. The smallest absolute Gasteiger partial charge is 0.303 e. The molecule has 0 saturated carbocycles. The van der Waals surface area contributed by atoms with Crippen molar-refractivity contribution in [3.63, 3.8) is 0 Å². The molecular formula is C22H25N5O2. The third kappa shape index (κ3) is 7.46. The van der Waals surface area contributed by atoms with Gasteiger partial charge in [0.05, 0.1) is 0 Å². The number of aliphatic imine (C=N–C) groups is 1. The minimum absolute atomic E-state index is 0.0554. The molecule has 1 aromatic carbocycles. The van der Waals surface area contributed by atoms with E-state index in [0.29, 0.717) is 24.8 Å². The Hall–Kier alpha value is -3.66. The molecule has 1 aromatic heterocycles. The Bertz CT molecular complexity index is 914. The quantitative estimate of drug-likeness (QED) is 0.273. The summed E-state index contributed by atoms with van der Waals surface area (Å²) in [7, 11) is 0. The van der Waals surface area contributed by atoms with Crippen LogP contribution in [0.15, 0.2) is 59.9 Å². The molecular weight excluding hydrogens is 366 g/mol. The number of rotatable bonds is 8. The molecule has 0 amide bonds. The highest BCUT2D eigenvalue weighted by atomic mass is 16.4. The van der Waals surface area contributed by atoms with Crippen molar-refractivity contribution in [2.75, 3.05) is 11.9 Å². The number of nitrogens with zero attached hydrogens (tertiary/aromatic N) is 3.